The second-order valence-electron chi connectivity index (χ2n) is 12.5. The van der Waals surface area contributed by atoms with E-state index in [1.54, 1.807) is 0 Å². The molecule has 0 spiro atoms. The van der Waals surface area contributed by atoms with Gasteiger partial charge in [0.1, 0.15) is 11.2 Å². The van der Waals surface area contributed by atoms with Crippen molar-refractivity contribution in [3.8, 4) is 51.0 Å². The van der Waals surface area contributed by atoms with Crippen molar-refractivity contribution in [2.75, 3.05) is 0 Å². The van der Waals surface area contributed by atoms with E-state index in [-0.39, 0.29) is 0 Å². The summed E-state index contributed by atoms with van der Waals surface area (Å²) < 4.78 is 8.76. The Labute approximate surface area is 287 Å². The van der Waals surface area contributed by atoms with Crippen molar-refractivity contribution in [3.05, 3.63) is 170 Å². The molecule has 0 fully saturated rings. The van der Waals surface area contributed by atoms with Crippen molar-refractivity contribution in [3.63, 3.8) is 0 Å². The Kier molecular flexibility index (Phi) is 6.42. The van der Waals surface area contributed by atoms with Gasteiger partial charge in [-0.3, -0.25) is 0 Å². The van der Waals surface area contributed by atoms with Crippen LogP contribution in [0.3, 0.4) is 0 Å². The molecular formula is C45H28N4O. The molecule has 0 saturated carbocycles. The maximum absolute atomic E-state index is 6.38. The average Bonchev–Trinajstić information content (AvgIpc) is 3.74. The molecule has 3 heterocycles. The molecule has 0 N–H and O–H groups in total. The van der Waals surface area contributed by atoms with E-state index in [2.05, 4.69) is 102 Å². The highest BCUT2D eigenvalue weighted by molar-refractivity contribution is 6.24. The van der Waals surface area contributed by atoms with Gasteiger partial charge in [-0.25, -0.2) is 15.0 Å². The number of aromatic nitrogens is 4. The Morgan fingerprint density at radius 3 is 1.54 bits per heavy atom. The van der Waals surface area contributed by atoms with Gasteiger partial charge in [-0.2, -0.15) is 0 Å². The van der Waals surface area contributed by atoms with E-state index >= 15 is 0 Å². The number of hydrogen-bond acceptors (Lipinski definition) is 4. The van der Waals surface area contributed by atoms with Crippen LogP contribution in [0.25, 0.3) is 94.7 Å². The molecule has 3 aromatic heterocycles. The highest BCUT2D eigenvalue weighted by Crippen LogP contribution is 2.42. The smallest absolute Gasteiger partial charge is 0.164 e. The number of furan rings is 1. The van der Waals surface area contributed by atoms with Gasteiger partial charge in [0.2, 0.25) is 0 Å². The Hall–Kier alpha value is -6.85. The summed E-state index contributed by atoms with van der Waals surface area (Å²) in [5.41, 5.74) is 10.2. The number of hydrogen-bond donors (Lipinski definition) is 0. The molecule has 5 heteroatoms. The summed E-state index contributed by atoms with van der Waals surface area (Å²) in [6.45, 7) is 0. The molecule has 10 rings (SSSR count). The SMILES string of the molecule is c1ccc(-c2ccc3c4ccc5oc6ccccc6c5c4n(-c4ccc(-c5nc(-c6ccccc6)nc(-c6ccccc6)n5)cc4)c3c2)cc1. The van der Waals surface area contributed by atoms with Gasteiger partial charge < -0.3 is 8.98 Å². The van der Waals surface area contributed by atoms with Crippen LogP contribution in [-0.2, 0) is 0 Å². The molecule has 0 unspecified atom stereocenters. The van der Waals surface area contributed by atoms with Crippen molar-refractivity contribution in [1.29, 1.82) is 0 Å². The molecule has 0 aliphatic carbocycles. The topological polar surface area (TPSA) is 56.7 Å². The maximum atomic E-state index is 6.38. The minimum atomic E-state index is 0.626. The first-order valence-corrected chi connectivity index (χ1v) is 16.7. The molecule has 0 radical (unpaired) electrons. The molecular weight excluding hydrogens is 613 g/mol. The van der Waals surface area contributed by atoms with Gasteiger partial charge in [0, 0.05) is 38.5 Å². The first kappa shape index (κ1) is 28.2. The first-order valence-electron chi connectivity index (χ1n) is 16.7. The highest BCUT2D eigenvalue weighted by Gasteiger charge is 2.20. The van der Waals surface area contributed by atoms with Crippen LogP contribution in [-0.4, -0.2) is 19.5 Å². The average molecular weight is 641 g/mol. The summed E-state index contributed by atoms with van der Waals surface area (Å²) in [5, 5.41) is 4.58. The molecule has 234 valence electrons. The van der Waals surface area contributed by atoms with Crippen LogP contribution in [0, 0.1) is 0 Å². The molecule has 0 bridgehead atoms. The van der Waals surface area contributed by atoms with Crippen LogP contribution in [0.4, 0.5) is 0 Å². The van der Waals surface area contributed by atoms with Gasteiger partial charge in [-0.1, -0.05) is 121 Å². The Balaban J connectivity index is 1.20. The molecule has 0 aliphatic rings. The molecule has 0 saturated heterocycles. The molecule has 0 amide bonds. The van der Waals surface area contributed by atoms with E-state index < -0.39 is 0 Å². The number of nitrogens with zero attached hydrogens (tertiary/aromatic N) is 4. The van der Waals surface area contributed by atoms with E-state index in [1.807, 2.05) is 72.8 Å². The fraction of sp³-hybridized carbons (Fsp3) is 0. The van der Waals surface area contributed by atoms with Crippen LogP contribution < -0.4 is 0 Å². The fourth-order valence-electron chi connectivity index (χ4n) is 7.09. The van der Waals surface area contributed by atoms with Crippen LogP contribution in [0.15, 0.2) is 174 Å². The number of rotatable bonds is 5. The van der Waals surface area contributed by atoms with Crippen molar-refractivity contribution < 1.29 is 4.42 Å². The Morgan fingerprint density at radius 1 is 0.380 bits per heavy atom. The predicted octanol–water partition coefficient (Wildman–Crippen LogP) is 11.5. The van der Waals surface area contributed by atoms with E-state index in [1.165, 1.54) is 21.9 Å². The standard InChI is InChI=1S/C45H28N4O/c1-4-12-29(13-5-1)33-22-25-35-36-26-27-40-41(37-18-10-11-19-39(37)50-40)42(36)49(38(35)28-33)34-23-20-32(21-24-34)45-47-43(30-14-6-2-7-15-30)46-44(48-45)31-16-8-3-9-17-31/h1-28H. The minimum Gasteiger partial charge on any atom is -0.456 e. The maximum Gasteiger partial charge on any atom is 0.164 e. The zero-order valence-corrected chi connectivity index (χ0v) is 26.9. The molecule has 5 nitrogen and oxygen atoms in total. The third-order valence-electron chi connectivity index (χ3n) is 9.46. The van der Waals surface area contributed by atoms with E-state index in [0.717, 1.165) is 55.3 Å². The number of benzene rings is 7. The summed E-state index contributed by atoms with van der Waals surface area (Å²) in [7, 11) is 0. The lowest BCUT2D eigenvalue weighted by Gasteiger charge is -2.12. The first-order chi connectivity index (χ1) is 24.8. The second kappa shape index (κ2) is 11.4. The van der Waals surface area contributed by atoms with Gasteiger partial charge >= 0.3 is 0 Å². The summed E-state index contributed by atoms with van der Waals surface area (Å²) >= 11 is 0. The summed E-state index contributed by atoms with van der Waals surface area (Å²) in [6.07, 6.45) is 0. The Morgan fingerprint density at radius 2 is 0.900 bits per heavy atom. The lowest BCUT2D eigenvalue weighted by atomic mass is 10.0. The Bertz CT molecular complexity index is 2780. The normalized spacial score (nSPS) is 11.6. The minimum absolute atomic E-state index is 0.626. The van der Waals surface area contributed by atoms with Crippen LogP contribution in [0.1, 0.15) is 0 Å². The van der Waals surface area contributed by atoms with Gasteiger partial charge in [-0.15, -0.1) is 0 Å². The van der Waals surface area contributed by atoms with E-state index in [4.69, 9.17) is 19.4 Å². The van der Waals surface area contributed by atoms with Crippen molar-refractivity contribution in [2.45, 2.75) is 0 Å². The number of fused-ring (bicyclic) bond motifs is 7. The van der Waals surface area contributed by atoms with Gasteiger partial charge in [-0.05, 0) is 59.7 Å². The van der Waals surface area contributed by atoms with Crippen LogP contribution in [0.2, 0.25) is 0 Å². The monoisotopic (exact) mass is 640 g/mol. The summed E-state index contributed by atoms with van der Waals surface area (Å²) in [6, 6.07) is 58.6. The number of para-hydroxylation sites is 1. The van der Waals surface area contributed by atoms with Gasteiger partial charge in [0.25, 0.3) is 0 Å². The summed E-state index contributed by atoms with van der Waals surface area (Å²) in [4.78, 5) is 14.8. The highest BCUT2D eigenvalue weighted by atomic mass is 16.3. The van der Waals surface area contributed by atoms with Crippen LogP contribution in [0.5, 0.6) is 0 Å². The van der Waals surface area contributed by atoms with E-state index in [9.17, 15) is 0 Å². The quantitative estimate of drug-likeness (QED) is 0.188. The largest absolute Gasteiger partial charge is 0.456 e. The lowest BCUT2D eigenvalue weighted by molar-refractivity contribution is 0.669. The summed E-state index contributed by atoms with van der Waals surface area (Å²) in [5.74, 6) is 1.91. The molecule has 0 atom stereocenters. The van der Waals surface area contributed by atoms with Gasteiger partial charge in [0.05, 0.1) is 16.4 Å². The molecule has 7 aromatic carbocycles. The van der Waals surface area contributed by atoms with Crippen LogP contribution >= 0.6 is 0 Å². The zero-order valence-electron chi connectivity index (χ0n) is 26.9. The fourth-order valence-corrected chi connectivity index (χ4v) is 7.09. The molecule has 10 aromatic rings. The second-order valence-corrected chi connectivity index (χ2v) is 12.5. The predicted molar refractivity (Wildman–Crippen MR) is 203 cm³/mol. The van der Waals surface area contributed by atoms with E-state index in [0.29, 0.717) is 17.5 Å². The third-order valence-corrected chi connectivity index (χ3v) is 9.46. The van der Waals surface area contributed by atoms with Gasteiger partial charge in [0.15, 0.2) is 17.5 Å². The molecule has 50 heavy (non-hydrogen) atoms. The van der Waals surface area contributed by atoms with Crippen molar-refractivity contribution in [1.82, 2.24) is 19.5 Å². The lowest BCUT2D eigenvalue weighted by Crippen LogP contribution is -2.00. The van der Waals surface area contributed by atoms with Crippen molar-refractivity contribution >= 4 is 43.7 Å². The zero-order chi connectivity index (χ0) is 33.0. The molecule has 0 aliphatic heterocycles. The third kappa shape index (κ3) is 4.60. The van der Waals surface area contributed by atoms with Crippen molar-refractivity contribution in [2.24, 2.45) is 0 Å².